The van der Waals surface area contributed by atoms with Crippen molar-refractivity contribution < 1.29 is 0 Å². The molecule has 5 heteroatoms. The van der Waals surface area contributed by atoms with Crippen LogP contribution in [0.25, 0.3) is 0 Å². The van der Waals surface area contributed by atoms with Gasteiger partial charge in [-0.25, -0.2) is 9.97 Å². The maximum Gasteiger partial charge on any atom is 0.137 e. The first kappa shape index (κ1) is 15.5. The minimum atomic E-state index is 0.293. The fourth-order valence-electron chi connectivity index (χ4n) is 2.76. The Labute approximate surface area is 127 Å². The zero-order valence-corrected chi connectivity index (χ0v) is 13.9. The minimum Gasteiger partial charge on any atom is -0.352 e. The van der Waals surface area contributed by atoms with E-state index in [4.69, 9.17) is 16.6 Å². The molecule has 1 aliphatic heterocycles. The summed E-state index contributed by atoms with van der Waals surface area (Å²) < 4.78 is 0. The average Bonchev–Trinajstić information content (AvgIpc) is 2.79. The first-order valence-electron chi connectivity index (χ1n) is 7.35. The second-order valence-electron chi connectivity index (χ2n) is 6.23. The fraction of sp³-hybridized carbons (Fsp3) is 0.733. The first-order chi connectivity index (χ1) is 9.40. The molecule has 1 aromatic rings. The molecule has 1 saturated heterocycles. The number of anilines is 1. The molecule has 1 fully saturated rings. The van der Waals surface area contributed by atoms with Crippen LogP contribution < -0.4 is 4.90 Å². The van der Waals surface area contributed by atoms with Gasteiger partial charge in [-0.3, -0.25) is 0 Å². The lowest BCUT2D eigenvalue weighted by molar-refractivity contribution is 0.371. The van der Waals surface area contributed by atoms with E-state index in [0.29, 0.717) is 17.1 Å². The molecule has 1 unspecified atom stereocenters. The van der Waals surface area contributed by atoms with Gasteiger partial charge >= 0.3 is 0 Å². The molecule has 20 heavy (non-hydrogen) atoms. The van der Waals surface area contributed by atoms with Crippen molar-refractivity contribution in [1.29, 1.82) is 0 Å². The molecule has 1 aromatic heterocycles. The van der Waals surface area contributed by atoms with Crippen molar-refractivity contribution in [2.24, 2.45) is 0 Å². The van der Waals surface area contributed by atoms with Crippen LogP contribution >= 0.6 is 11.6 Å². The molecular weight excluding hydrogens is 272 g/mol. The Morgan fingerprint density at radius 3 is 2.65 bits per heavy atom. The summed E-state index contributed by atoms with van der Waals surface area (Å²) in [6.45, 7) is 8.34. The molecule has 1 atom stereocenters. The summed E-state index contributed by atoms with van der Waals surface area (Å²) in [6, 6.07) is 0.523. The number of aromatic nitrogens is 2. The molecule has 0 saturated carbocycles. The third-order valence-corrected chi connectivity index (χ3v) is 4.19. The number of nitrogens with zero attached hydrogens (tertiary/aromatic N) is 4. The van der Waals surface area contributed by atoms with Crippen LogP contribution in [0.3, 0.4) is 0 Å². The van der Waals surface area contributed by atoms with Crippen molar-refractivity contribution >= 4 is 17.4 Å². The van der Waals surface area contributed by atoms with Crippen LogP contribution in [0.1, 0.15) is 44.0 Å². The van der Waals surface area contributed by atoms with Crippen molar-refractivity contribution in [3.63, 3.8) is 0 Å². The van der Waals surface area contributed by atoms with Crippen LogP contribution in [0.2, 0.25) is 5.15 Å². The van der Waals surface area contributed by atoms with Crippen molar-refractivity contribution in [2.45, 2.75) is 45.6 Å². The van der Waals surface area contributed by atoms with Gasteiger partial charge in [0, 0.05) is 30.6 Å². The van der Waals surface area contributed by atoms with Gasteiger partial charge in [-0.2, -0.15) is 0 Å². The third kappa shape index (κ3) is 3.23. The summed E-state index contributed by atoms with van der Waals surface area (Å²) in [5.41, 5.74) is 1.00. The lowest BCUT2D eigenvalue weighted by Gasteiger charge is -2.29. The van der Waals surface area contributed by atoms with E-state index >= 15 is 0 Å². The SMILES string of the molecule is Cc1c(Cl)nc(C(C)C)nc1N1CCCC1CN(C)C. The molecule has 2 heterocycles. The van der Waals surface area contributed by atoms with E-state index in [1.54, 1.807) is 0 Å². The summed E-state index contributed by atoms with van der Waals surface area (Å²) in [5.74, 6) is 2.16. The molecule has 0 aromatic carbocycles. The van der Waals surface area contributed by atoms with Crippen molar-refractivity contribution in [1.82, 2.24) is 14.9 Å². The highest BCUT2D eigenvalue weighted by molar-refractivity contribution is 6.30. The molecule has 0 spiro atoms. The monoisotopic (exact) mass is 296 g/mol. The number of hydrogen-bond acceptors (Lipinski definition) is 4. The Bertz CT molecular complexity index is 473. The van der Waals surface area contributed by atoms with Gasteiger partial charge in [0.05, 0.1) is 0 Å². The molecule has 1 aliphatic rings. The Morgan fingerprint density at radius 1 is 1.35 bits per heavy atom. The van der Waals surface area contributed by atoms with Crippen LogP contribution in [0.15, 0.2) is 0 Å². The average molecular weight is 297 g/mol. The van der Waals surface area contributed by atoms with Gasteiger partial charge in [-0.15, -0.1) is 0 Å². The predicted octanol–water partition coefficient (Wildman–Crippen LogP) is 3.09. The van der Waals surface area contributed by atoms with Gasteiger partial charge in [-0.05, 0) is 33.9 Å². The smallest absolute Gasteiger partial charge is 0.137 e. The van der Waals surface area contributed by atoms with Crippen LogP contribution in [0.4, 0.5) is 5.82 Å². The zero-order chi connectivity index (χ0) is 14.9. The molecule has 4 nitrogen and oxygen atoms in total. The maximum absolute atomic E-state index is 6.31. The Kier molecular flexibility index (Phi) is 4.86. The normalized spacial score (nSPS) is 19.4. The molecule has 0 N–H and O–H groups in total. The number of hydrogen-bond donors (Lipinski definition) is 0. The second kappa shape index (κ2) is 6.27. The lowest BCUT2D eigenvalue weighted by atomic mass is 10.2. The Hall–Kier alpha value is -0.870. The van der Waals surface area contributed by atoms with Gasteiger partial charge in [0.1, 0.15) is 16.8 Å². The second-order valence-corrected chi connectivity index (χ2v) is 6.59. The van der Waals surface area contributed by atoms with E-state index in [1.165, 1.54) is 12.8 Å². The van der Waals surface area contributed by atoms with E-state index in [-0.39, 0.29) is 0 Å². The van der Waals surface area contributed by atoms with Crippen LogP contribution in [0, 0.1) is 6.92 Å². The van der Waals surface area contributed by atoms with E-state index in [9.17, 15) is 0 Å². The maximum atomic E-state index is 6.31. The first-order valence-corrected chi connectivity index (χ1v) is 7.73. The van der Waals surface area contributed by atoms with Crippen LogP contribution in [-0.2, 0) is 0 Å². The third-order valence-electron chi connectivity index (χ3n) is 3.82. The largest absolute Gasteiger partial charge is 0.352 e. The summed E-state index contributed by atoms with van der Waals surface area (Å²) >= 11 is 6.31. The minimum absolute atomic E-state index is 0.293. The highest BCUT2D eigenvalue weighted by Crippen LogP contribution is 2.31. The van der Waals surface area contributed by atoms with Gasteiger partial charge in [-0.1, -0.05) is 25.4 Å². The van der Waals surface area contributed by atoms with Crippen molar-refractivity contribution in [3.05, 3.63) is 16.5 Å². The van der Waals surface area contributed by atoms with Gasteiger partial charge in [0.25, 0.3) is 0 Å². The number of halogens is 1. The van der Waals surface area contributed by atoms with Gasteiger partial charge in [0.15, 0.2) is 0 Å². The lowest BCUT2D eigenvalue weighted by Crippen LogP contribution is -2.38. The van der Waals surface area contributed by atoms with E-state index in [0.717, 1.165) is 30.3 Å². The molecule has 0 aliphatic carbocycles. The number of likely N-dealkylation sites (N-methyl/N-ethyl adjacent to an activating group) is 1. The van der Waals surface area contributed by atoms with E-state index in [2.05, 4.69) is 42.7 Å². The topological polar surface area (TPSA) is 32.3 Å². The molecule has 0 amide bonds. The summed E-state index contributed by atoms with van der Waals surface area (Å²) in [7, 11) is 4.24. The predicted molar refractivity (Wildman–Crippen MR) is 84.8 cm³/mol. The van der Waals surface area contributed by atoms with E-state index < -0.39 is 0 Å². The molecule has 0 bridgehead atoms. The molecule has 2 rings (SSSR count). The molecule has 0 radical (unpaired) electrons. The van der Waals surface area contributed by atoms with Gasteiger partial charge in [0.2, 0.25) is 0 Å². The Balaban J connectivity index is 2.35. The quantitative estimate of drug-likeness (QED) is 0.799. The van der Waals surface area contributed by atoms with Gasteiger partial charge < -0.3 is 9.80 Å². The number of rotatable bonds is 4. The van der Waals surface area contributed by atoms with Crippen molar-refractivity contribution in [3.8, 4) is 0 Å². The van der Waals surface area contributed by atoms with Crippen LogP contribution in [0.5, 0.6) is 0 Å². The summed E-state index contributed by atoms with van der Waals surface area (Å²) in [6.07, 6.45) is 2.44. The molecule has 112 valence electrons. The Morgan fingerprint density at radius 2 is 2.05 bits per heavy atom. The highest BCUT2D eigenvalue weighted by atomic mass is 35.5. The van der Waals surface area contributed by atoms with Crippen LogP contribution in [-0.4, -0.2) is 48.1 Å². The fourth-order valence-corrected chi connectivity index (χ4v) is 2.93. The van der Waals surface area contributed by atoms with E-state index in [1.807, 2.05) is 6.92 Å². The standard InChI is InChI=1S/C15H25ClN4/c1-10(2)14-17-13(16)11(3)15(18-14)20-8-6-7-12(20)9-19(4)5/h10,12H,6-9H2,1-5H3. The highest BCUT2D eigenvalue weighted by Gasteiger charge is 2.28. The summed E-state index contributed by atoms with van der Waals surface area (Å²) in [4.78, 5) is 13.8. The summed E-state index contributed by atoms with van der Waals surface area (Å²) in [5, 5.41) is 0.592. The zero-order valence-electron chi connectivity index (χ0n) is 13.1. The molecular formula is C15H25ClN4. The van der Waals surface area contributed by atoms with Crippen molar-refractivity contribution in [2.75, 3.05) is 32.1 Å².